The molecule has 2 saturated carbocycles. The maximum Gasteiger partial charge on any atom is 0.227 e. The van der Waals surface area contributed by atoms with Crippen molar-refractivity contribution in [3.63, 3.8) is 0 Å². The van der Waals surface area contributed by atoms with Crippen LogP contribution in [0.3, 0.4) is 0 Å². The van der Waals surface area contributed by atoms with Crippen molar-refractivity contribution in [2.45, 2.75) is 82.6 Å². The standard InChI is InChI=1S/C20H33N7O2.2ClH/c1-13(29-11-10-28)23-18-17-19(27(12-22-17)16-4-2-3-5-16)26-20(25-18)24-15-8-6-14(21)7-9-15;;/h12-16,28H,2-11,21H2,1H3,(H2,23,24,25,26);2*1H/t13?,14-,15-;;. The largest absolute Gasteiger partial charge is 0.394 e. The number of rotatable bonds is 8. The average Bonchev–Trinajstić information content (AvgIpc) is 3.38. The first kappa shape index (κ1) is 25.9. The molecule has 2 heterocycles. The van der Waals surface area contributed by atoms with E-state index < -0.39 is 0 Å². The molecule has 5 N–H and O–H groups in total. The molecule has 1 atom stereocenters. The summed E-state index contributed by atoms with van der Waals surface area (Å²) in [5, 5.41) is 15.8. The van der Waals surface area contributed by atoms with Crippen LogP contribution in [0.4, 0.5) is 11.8 Å². The number of imidazole rings is 1. The van der Waals surface area contributed by atoms with E-state index >= 15 is 0 Å². The van der Waals surface area contributed by atoms with Gasteiger partial charge in [-0.1, -0.05) is 12.8 Å². The fourth-order valence-corrected chi connectivity index (χ4v) is 4.44. The van der Waals surface area contributed by atoms with Crippen molar-refractivity contribution in [2.24, 2.45) is 5.73 Å². The quantitative estimate of drug-likeness (QED) is 0.429. The Morgan fingerprint density at radius 1 is 1.16 bits per heavy atom. The van der Waals surface area contributed by atoms with Crippen molar-refractivity contribution in [1.29, 1.82) is 0 Å². The van der Waals surface area contributed by atoms with Gasteiger partial charge >= 0.3 is 0 Å². The van der Waals surface area contributed by atoms with Crippen LogP contribution in [0.5, 0.6) is 0 Å². The number of fused-ring (bicyclic) bond motifs is 1. The van der Waals surface area contributed by atoms with E-state index in [1.807, 2.05) is 13.3 Å². The first-order valence-corrected chi connectivity index (χ1v) is 10.9. The average molecular weight is 476 g/mol. The molecule has 2 aromatic rings. The van der Waals surface area contributed by atoms with E-state index in [0.29, 0.717) is 29.9 Å². The number of aliphatic hydroxyl groups is 1. The molecule has 2 fully saturated rings. The molecule has 0 saturated heterocycles. The van der Waals surface area contributed by atoms with Crippen molar-refractivity contribution in [3.8, 4) is 0 Å². The molecule has 2 aromatic heterocycles. The molecule has 0 spiro atoms. The Hall–Kier alpha value is -1.39. The topological polar surface area (TPSA) is 123 Å². The summed E-state index contributed by atoms with van der Waals surface area (Å²) in [6, 6.07) is 1.10. The summed E-state index contributed by atoms with van der Waals surface area (Å²) < 4.78 is 7.77. The Morgan fingerprint density at radius 3 is 2.55 bits per heavy atom. The highest BCUT2D eigenvalue weighted by Gasteiger charge is 2.24. The van der Waals surface area contributed by atoms with Gasteiger partial charge in [0.25, 0.3) is 0 Å². The third-order valence-electron chi connectivity index (χ3n) is 6.04. The highest BCUT2D eigenvalue weighted by atomic mass is 35.5. The molecule has 176 valence electrons. The van der Waals surface area contributed by atoms with Gasteiger partial charge in [0.2, 0.25) is 5.95 Å². The number of hydrogen-bond acceptors (Lipinski definition) is 8. The number of nitrogens with one attached hydrogen (secondary N) is 2. The molecule has 0 aliphatic heterocycles. The van der Waals surface area contributed by atoms with Crippen LogP contribution in [-0.4, -0.2) is 56.2 Å². The van der Waals surface area contributed by atoms with Crippen LogP contribution >= 0.6 is 24.8 Å². The second-order valence-corrected chi connectivity index (χ2v) is 8.30. The van der Waals surface area contributed by atoms with Gasteiger partial charge in [-0.15, -0.1) is 24.8 Å². The van der Waals surface area contributed by atoms with Crippen LogP contribution in [0.1, 0.15) is 64.3 Å². The molecule has 9 nitrogen and oxygen atoms in total. The SMILES string of the molecule is CC(Nc1nc(N[C@H]2CC[C@H](N)CC2)nc2c1ncn2C1CCCC1)OCCO.Cl.Cl. The molecule has 0 amide bonds. The molecule has 0 aromatic carbocycles. The lowest BCUT2D eigenvalue weighted by Gasteiger charge is -2.27. The third-order valence-corrected chi connectivity index (χ3v) is 6.04. The van der Waals surface area contributed by atoms with E-state index in [4.69, 9.17) is 25.5 Å². The monoisotopic (exact) mass is 475 g/mol. The summed E-state index contributed by atoms with van der Waals surface area (Å²) in [4.78, 5) is 14.2. The van der Waals surface area contributed by atoms with Crippen molar-refractivity contribution >= 4 is 47.7 Å². The summed E-state index contributed by atoms with van der Waals surface area (Å²) >= 11 is 0. The van der Waals surface area contributed by atoms with Crippen LogP contribution in [0, 0.1) is 0 Å². The second kappa shape index (κ2) is 12.0. The van der Waals surface area contributed by atoms with Crippen LogP contribution < -0.4 is 16.4 Å². The first-order valence-electron chi connectivity index (χ1n) is 10.9. The third kappa shape index (κ3) is 6.32. The number of nitrogens with two attached hydrogens (primary N) is 1. The highest BCUT2D eigenvalue weighted by Crippen LogP contribution is 2.33. The number of nitrogens with zero attached hydrogens (tertiary/aromatic N) is 4. The molecule has 2 aliphatic carbocycles. The van der Waals surface area contributed by atoms with Crippen LogP contribution in [0.25, 0.3) is 11.2 Å². The normalized spacial score (nSPS) is 22.5. The second-order valence-electron chi connectivity index (χ2n) is 8.30. The summed E-state index contributed by atoms with van der Waals surface area (Å²) in [6.07, 6.45) is 10.5. The molecule has 11 heteroatoms. The first-order chi connectivity index (χ1) is 14.1. The van der Waals surface area contributed by atoms with E-state index in [0.717, 1.165) is 49.7 Å². The predicted octanol–water partition coefficient (Wildman–Crippen LogP) is 3.23. The summed E-state index contributed by atoms with van der Waals surface area (Å²) in [6.45, 7) is 2.15. The Bertz CT molecular complexity index is 808. The van der Waals surface area contributed by atoms with Crippen LogP contribution in [0.15, 0.2) is 6.33 Å². The smallest absolute Gasteiger partial charge is 0.227 e. The van der Waals surface area contributed by atoms with Crippen LogP contribution in [-0.2, 0) is 4.74 Å². The lowest BCUT2D eigenvalue weighted by atomic mass is 9.92. The number of hydrogen-bond donors (Lipinski definition) is 4. The summed E-state index contributed by atoms with van der Waals surface area (Å²) in [5.41, 5.74) is 7.66. The number of aliphatic hydroxyl groups excluding tert-OH is 1. The van der Waals surface area contributed by atoms with Gasteiger partial charge in [0.15, 0.2) is 17.0 Å². The number of ether oxygens (including phenoxy) is 1. The van der Waals surface area contributed by atoms with Gasteiger partial charge < -0.3 is 30.8 Å². The molecule has 2 aliphatic rings. The zero-order valence-corrected chi connectivity index (χ0v) is 19.6. The van der Waals surface area contributed by atoms with E-state index in [9.17, 15) is 0 Å². The van der Waals surface area contributed by atoms with Crippen molar-refractivity contribution in [3.05, 3.63) is 6.33 Å². The van der Waals surface area contributed by atoms with E-state index in [2.05, 4.69) is 20.2 Å². The van der Waals surface area contributed by atoms with Gasteiger partial charge in [-0.05, 0) is 45.4 Å². The number of aromatic nitrogens is 4. The highest BCUT2D eigenvalue weighted by molar-refractivity contribution is 5.86. The minimum absolute atomic E-state index is 0. The van der Waals surface area contributed by atoms with Gasteiger partial charge in [-0.3, -0.25) is 0 Å². The van der Waals surface area contributed by atoms with Crippen molar-refractivity contribution in [2.75, 3.05) is 23.8 Å². The van der Waals surface area contributed by atoms with Crippen molar-refractivity contribution < 1.29 is 9.84 Å². The van der Waals surface area contributed by atoms with Crippen molar-refractivity contribution in [1.82, 2.24) is 19.5 Å². The maximum absolute atomic E-state index is 9.01. The van der Waals surface area contributed by atoms with E-state index in [1.54, 1.807) is 0 Å². The lowest BCUT2D eigenvalue weighted by molar-refractivity contribution is 0.0541. The van der Waals surface area contributed by atoms with Gasteiger partial charge in [0, 0.05) is 18.1 Å². The zero-order valence-electron chi connectivity index (χ0n) is 18.0. The zero-order chi connectivity index (χ0) is 20.2. The number of anilines is 2. The molecule has 0 radical (unpaired) electrons. The van der Waals surface area contributed by atoms with Gasteiger partial charge in [-0.2, -0.15) is 9.97 Å². The lowest BCUT2D eigenvalue weighted by Crippen LogP contribution is -2.33. The molecule has 0 bridgehead atoms. The van der Waals surface area contributed by atoms with Gasteiger partial charge in [0.05, 0.1) is 19.5 Å². The summed E-state index contributed by atoms with van der Waals surface area (Å²) in [7, 11) is 0. The van der Waals surface area contributed by atoms with E-state index in [1.165, 1.54) is 12.8 Å². The summed E-state index contributed by atoms with van der Waals surface area (Å²) in [5.74, 6) is 1.28. The molecule has 1 unspecified atom stereocenters. The predicted molar refractivity (Wildman–Crippen MR) is 127 cm³/mol. The fraction of sp³-hybridized carbons (Fsp3) is 0.750. The molecular weight excluding hydrogens is 441 g/mol. The Morgan fingerprint density at radius 2 is 1.87 bits per heavy atom. The Kier molecular flexibility index (Phi) is 10.0. The Balaban J connectivity index is 0.00000171. The van der Waals surface area contributed by atoms with E-state index in [-0.39, 0.29) is 44.3 Å². The van der Waals surface area contributed by atoms with Gasteiger partial charge in [-0.25, -0.2) is 4.98 Å². The Labute approximate surface area is 195 Å². The molecular formula is C20H35Cl2N7O2. The minimum Gasteiger partial charge on any atom is -0.394 e. The minimum atomic E-state index is -0.294. The molecule has 4 rings (SSSR count). The van der Waals surface area contributed by atoms with Crippen LogP contribution in [0.2, 0.25) is 0 Å². The number of halogens is 2. The fourth-order valence-electron chi connectivity index (χ4n) is 4.44. The maximum atomic E-state index is 9.01. The van der Waals surface area contributed by atoms with Gasteiger partial charge in [0.1, 0.15) is 6.23 Å². The molecule has 31 heavy (non-hydrogen) atoms.